The van der Waals surface area contributed by atoms with Crippen LogP contribution in [-0.2, 0) is 0 Å². The van der Waals surface area contributed by atoms with Gasteiger partial charge >= 0.3 is 0 Å². The van der Waals surface area contributed by atoms with Crippen LogP contribution in [0.5, 0.6) is 0 Å². The van der Waals surface area contributed by atoms with Gasteiger partial charge in [0.2, 0.25) is 0 Å². The molecule has 2 heterocycles. The minimum atomic E-state index is -0.116. The maximum atomic E-state index is 11.9. The summed E-state index contributed by atoms with van der Waals surface area (Å²) in [4.78, 5) is 11.9. The Balaban J connectivity index is 1.87. The lowest BCUT2D eigenvalue weighted by Crippen LogP contribution is -2.42. The SMILES string of the molecule is CSc1ccc(C(=O)NCC2(C)CCNCC2)o1. The Labute approximate surface area is 112 Å². The number of furan rings is 1. The Bertz CT molecular complexity index is 411. The molecule has 4 nitrogen and oxygen atoms in total. The zero-order valence-corrected chi connectivity index (χ0v) is 11.7. The molecule has 100 valence electrons. The molecule has 2 rings (SSSR count). The maximum Gasteiger partial charge on any atom is 0.287 e. The molecule has 1 fully saturated rings. The molecular formula is C13H20N2O2S. The fourth-order valence-electron chi connectivity index (χ4n) is 2.14. The number of hydrogen-bond acceptors (Lipinski definition) is 4. The third-order valence-corrected chi connectivity index (χ3v) is 4.11. The molecule has 0 aromatic carbocycles. The largest absolute Gasteiger partial charge is 0.445 e. The average Bonchev–Trinajstić information content (AvgIpc) is 2.86. The van der Waals surface area contributed by atoms with E-state index < -0.39 is 0 Å². The van der Waals surface area contributed by atoms with Crippen molar-refractivity contribution in [2.45, 2.75) is 24.9 Å². The number of nitrogens with one attached hydrogen (secondary N) is 2. The van der Waals surface area contributed by atoms with E-state index in [1.807, 2.05) is 12.3 Å². The highest BCUT2D eigenvalue weighted by atomic mass is 32.2. The molecule has 1 aliphatic rings. The number of carbonyl (C=O) groups excluding carboxylic acids is 1. The van der Waals surface area contributed by atoms with Crippen LogP contribution in [0.3, 0.4) is 0 Å². The van der Waals surface area contributed by atoms with Crippen molar-refractivity contribution in [1.82, 2.24) is 10.6 Å². The normalized spacial score (nSPS) is 18.6. The topological polar surface area (TPSA) is 54.3 Å². The summed E-state index contributed by atoms with van der Waals surface area (Å²) in [5.74, 6) is 0.284. The lowest BCUT2D eigenvalue weighted by Gasteiger charge is -2.33. The van der Waals surface area contributed by atoms with E-state index in [2.05, 4.69) is 17.6 Å². The van der Waals surface area contributed by atoms with Gasteiger partial charge in [-0.2, -0.15) is 0 Å². The summed E-state index contributed by atoms with van der Waals surface area (Å²) >= 11 is 1.50. The predicted molar refractivity (Wildman–Crippen MR) is 73.0 cm³/mol. The van der Waals surface area contributed by atoms with Crippen LogP contribution >= 0.6 is 11.8 Å². The zero-order chi connectivity index (χ0) is 13.0. The predicted octanol–water partition coefficient (Wildman–Crippen LogP) is 2.12. The number of amides is 1. The van der Waals surface area contributed by atoms with Crippen LogP contribution in [0.4, 0.5) is 0 Å². The highest BCUT2D eigenvalue weighted by molar-refractivity contribution is 7.98. The van der Waals surface area contributed by atoms with E-state index in [1.165, 1.54) is 11.8 Å². The Hall–Kier alpha value is -0.940. The third-order valence-electron chi connectivity index (χ3n) is 3.49. The van der Waals surface area contributed by atoms with Crippen LogP contribution in [0.2, 0.25) is 0 Å². The number of carbonyl (C=O) groups is 1. The first-order valence-electron chi connectivity index (χ1n) is 6.26. The van der Waals surface area contributed by atoms with Gasteiger partial charge in [0.1, 0.15) is 0 Å². The highest BCUT2D eigenvalue weighted by Gasteiger charge is 2.27. The van der Waals surface area contributed by atoms with E-state index in [4.69, 9.17) is 4.42 Å². The first kappa shape index (κ1) is 13.5. The van der Waals surface area contributed by atoms with Gasteiger partial charge in [0.15, 0.2) is 10.9 Å². The second-order valence-corrected chi connectivity index (χ2v) is 5.88. The van der Waals surface area contributed by atoms with Crippen molar-refractivity contribution in [3.8, 4) is 0 Å². The van der Waals surface area contributed by atoms with Gasteiger partial charge in [0, 0.05) is 6.54 Å². The fraction of sp³-hybridized carbons (Fsp3) is 0.615. The molecule has 18 heavy (non-hydrogen) atoms. The summed E-state index contributed by atoms with van der Waals surface area (Å²) in [6.45, 7) is 5.00. The number of piperidine rings is 1. The maximum absolute atomic E-state index is 11.9. The lowest BCUT2D eigenvalue weighted by molar-refractivity contribution is 0.0889. The zero-order valence-electron chi connectivity index (χ0n) is 10.9. The molecule has 1 aliphatic heterocycles. The molecular weight excluding hydrogens is 248 g/mol. The van der Waals surface area contributed by atoms with Crippen molar-refractivity contribution >= 4 is 17.7 Å². The highest BCUT2D eigenvalue weighted by Crippen LogP contribution is 2.27. The molecule has 0 bridgehead atoms. The minimum Gasteiger partial charge on any atom is -0.445 e. The summed E-state index contributed by atoms with van der Waals surface area (Å²) in [6, 6.07) is 3.55. The van der Waals surface area contributed by atoms with Gasteiger partial charge in [-0.1, -0.05) is 18.7 Å². The van der Waals surface area contributed by atoms with Crippen molar-refractivity contribution in [2.75, 3.05) is 25.9 Å². The quantitative estimate of drug-likeness (QED) is 0.821. The van der Waals surface area contributed by atoms with Crippen LogP contribution in [-0.4, -0.2) is 31.8 Å². The molecule has 0 aliphatic carbocycles. The molecule has 1 aromatic rings. The van der Waals surface area contributed by atoms with Gasteiger partial charge in [0.25, 0.3) is 5.91 Å². The summed E-state index contributed by atoms with van der Waals surface area (Å²) in [6.07, 6.45) is 4.12. The molecule has 0 saturated carbocycles. The fourth-order valence-corrected chi connectivity index (χ4v) is 2.52. The van der Waals surface area contributed by atoms with Gasteiger partial charge in [-0.05, 0) is 49.7 Å². The Morgan fingerprint density at radius 3 is 2.83 bits per heavy atom. The Morgan fingerprint density at radius 1 is 1.50 bits per heavy atom. The summed E-state index contributed by atoms with van der Waals surface area (Å²) < 4.78 is 5.41. The first-order valence-corrected chi connectivity index (χ1v) is 7.48. The van der Waals surface area contributed by atoms with E-state index in [9.17, 15) is 4.79 Å². The van der Waals surface area contributed by atoms with E-state index in [-0.39, 0.29) is 11.3 Å². The van der Waals surface area contributed by atoms with E-state index >= 15 is 0 Å². The van der Waals surface area contributed by atoms with E-state index in [0.29, 0.717) is 12.3 Å². The molecule has 1 amide bonds. The Kier molecular flexibility index (Phi) is 4.35. The molecule has 1 aromatic heterocycles. The first-order chi connectivity index (χ1) is 8.63. The summed E-state index contributed by atoms with van der Waals surface area (Å²) in [5.41, 5.74) is 0.204. The van der Waals surface area contributed by atoms with Crippen molar-refractivity contribution in [3.63, 3.8) is 0 Å². The lowest BCUT2D eigenvalue weighted by atomic mass is 9.81. The van der Waals surface area contributed by atoms with Crippen molar-refractivity contribution < 1.29 is 9.21 Å². The second kappa shape index (κ2) is 5.80. The summed E-state index contributed by atoms with van der Waals surface area (Å²) in [7, 11) is 0. The molecule has 2 N–H and O–H groups in total. The summed E-state index contributed by atoms with van der Waals surface area (Å²) in [5, 5.41) is 7.08. The molecule has 0 radical (unpaired) electrons. The van der Waals surface area contributed by atoms with Crippen molar-refractivity contribution in [2.24, 2.45) is 5.41 Å². The number of rotatable bonds is 4. The monoisotopic (exact) mass is 268 g/mol. The molecule has 0 unspecified atom stereocenters. The van der Waals surface area contributed by atoms with Gasteiger partial charge in [-0.3, -0.25) is 4.79 Å². The third kappa shape index (κ3) is 3.29. The van der Waals surface area contributed by atoms with Crippen LogP contribution in [0.15, 0.2) is 21.6 Å². The standard InChI is InChI=1S/C13H20N2O2S/c1-13(5-7-14-8-6-13)9-15-12(16)10-3-4-11(17-10)18-2/h3-4,14H,5-9H2,1-2H3,(H,15,16). The van der Waals surface area contributed by atoms with E-state index in [1.54, 1.807) is 6.07 Å². The second-order valence-electron chi connectivity index (χ2n) is 5.07. The smallest absolute Gasteiger partial charge is 0.287 e. The van der Waals surface area contributed by atoms with Gasteiger partial charge in [0.05, 0.1) is 0 Å². The Morgan fingerprint density at radius 2 is 2.22 bits per heavy atom. The van der Waals surface area contributed by atoms with E-state index in [0.717, 1.165) is 31.0 Å². The van der Waals surface area contributed by atoms with Crippen LogP contribution in [0.25, 0.3) is 0 Å². The van der Waals surface area contributed by atoms with Crippen LogP contribution < -0.4 is 10.6 Å². The van der Waals surface area contributed by atoms with Crippen molar-refractivity contribution in [1.29, 1.82) is 0 Å². The molecule has 0 spiro atoms. The van der Waals surface area contributed by atoms with Crippen LogP contribution in [0.1, 0.15) is 30.3 Å². The molecule has 5 heteroatoms. The minimum absolute atomic E-state index is 0.116. The number of thioether (sulfide) groups is 1. The molecule has 1 saturated heterocycles. The van der Waals surface area contributed by atoms with Crippen LogP contribution in [0, 0.1) is 5.41 Å². The number of hydrogen-bond donors (Lipinski definition) is 2. The molecule has 0 atom stereocenters. The van der Waals surface area contributed by atoms with Gasteiger partial charge in [-0.15, -0.1) is 0 Å². The van der Waals surface area contributed by atoms with Gasteiger partial charge < -0.3 is 15.1 Å². The van der Waals surface area contributed by atoms with Gasteiger partial charge in [-0.25, -0.2) is 0 Å². The van der Waals surface area contributed by atoms with Crippen molar-refractivity contribution in [3.05, 3.63) is 17.9 Å². The average molecular weight is 268 g/mol.